The minimum atomic E-state index is -0.311. The van der Waals surface area contributed by atoms with E-state index in [1.807, 2.05) is 0 Å². The Morgan fingerprint density at radius 3 is 2.53 bits per heavy atom. The summed E-state index contributed by atoms with van der Waals surface area (Å²) < 4.78 is 0. The highest BCUT2D eigenvalue weighted by Gasteiger charge is 2.06. The molecule has 1 atom stereocenters. The van der Waals surface area contributed by atoms with Crippen molar-refractivity contribution >= 4 is 19.9 Å². The van der Waals surface area contributed by atoms with Crippen molar-refractivity contribution in [2.24, 2.45) is 0 Å². The summed E-state index contributed by atoms with van der Waals surface area (Å²) >= 11 is 6.07. The van der Waals surface area contributed by atoms with E-state index in [4.69, 9.17) is 11.1 Å². The van der Waals surface area contributed by atoms with Crippen molar-refractivity contribution in [1.82, 2.24) is 0 Å². The maximum atomic E-state index is 6.07. The van der Waals surface area contributed by atoms with Crippen LogP contribution in [0, 0.1) is 0 Å². The molecule has 0 amide bonds. The lowest BCUT2D eigenvalue weighted by molar-refractivity contribution is 0.629. The Morgan fingerprint density at radius 1 is 1.20 bits per heavy atom. The summed E-state index contributed by atoms with van der Waals surface area (Å²) in [5.41, 5.74) is 2.32. The molecule has 1 unspecified atom stereocenters. The molecule has 2 heteroatoms. The van der Waals surface area contributed by atoms with Gasteiger partial charge in [0.1, 0.15) is 8.83 Å². The maximum Gasteiger partial charge on any atom is 0.128 e. The molecule has 0 aliphatic rings. The largest absolute Gasteiger partial charge is 0.176 e. The van der Waals surface area contributed by atoms with E-state index in [0.29, 0.717) is 0 Å². The van der Waals surface area contributed by atoms with Gasteiger partial charge in [-0.1, -0.05) is 56.5 Å². The van der Waals surface area contributed by atoms with Gasteiger partial charge in [-0.2, -0.15) is 11.1 Å². The molecular weight excluding hydrogens is 220 g/mol. The Bertz CT molecular complexity index is 248. The number of benzene rings is 1. The van der Waals surface area contributed by atoms with Crippen molar-refractivity contribution in [3.8, 4) is 0 Å². The van der Waals surface area contributed by atoms with Crippen LogP contribution in [-0.4, -0.2) is 8.83 Å². The van der Waals surface area contributed by atoms with Gasteiger partial charge in [-0.25, -0.2) is 0 Å². The van der Waals surface area contributed by atoms with Crippen LogP contribution < -0.4 is 0 Å². The first-order chi connectivity index (χ1) is 7.36. The van der Waals surface area contributed by atoms with Crippen LogP contribution in [0.3, 0.4) is 0 Å². The van der Waals surface area contributed by atoms with Crippen molar-refractivity contribution in [3.63, 3.8) is 0 Å². The summed E-state index contributed by atoms with van der Waals surface area (Å²) in [6.07, 6.45) is 6.47. The van der Waals surface area contributed by atoms with Crippen molar-refractivity contribution in [2.75, 3.05) is 0 Å². The molecule has 0 nitrogen and oxygen atoms in total. The fourth-order valence-corrected chi connectivity index (χ4v) is 3.88. The fourth-order valence-electron chi connectivity index (χ4n) is 1.95. The molecule has 0 saturated carbocycles. The zero-order valence-electron chi connectivity index (χ0n) is 9.58. The summed E-state index contributed by atoms with van der Waals surface area (Å²) in [6.45, 7) is 2.26. The van der Waals surface area contributed by atoms with Crippen LogP contribution in [0.1, 0.15) is 38.2 Å². The van der Waals surface area contributed by atoms with Gasteiger partial charge in [-0.3, -0.25) is 0 Å². The van der Waals surface area contributed by atoms with Gasteiger partial charge >= 0.3 is 0 Å². The molecule has 1 aromatic carbocycles. The smallest absolute Gasteiger partial charge is 0.128 e. The fraction of sp³-hybridized carbons (Fsp3) is 0.538. The standard InChI is InChI=1S/C13H21ClSi/c1-2-7-13(15-14)11-6-10-12-8-4-3-5-9-12/h3-5,8-9,13H,2,6-7,10-11,15H2,1H3. The molecule has 15 heavy (non-hydrogen) atoms. The molecule has 0 fully saturated rings. The molecule has 0 radical (unpaired) electrons. The van der Waals surface area contributed by atoms with Crippen LogP contribution in [0.5, 0.6) is 0 Å². The highest BCUT2D eigenvalue weighted by Crippen LogP contribution is 2.21. The topological polar surface area (TPSA) is 0 Å². The number of hydrogen-bond acceptors (Lipinski definition) is 0. The number of halogens is 1. The Labute approximate surface area is 101 Å². The third-order valence-electron chi connectivity index (χ3n) is 2.84. The summed E-state index contributed by atoms with van der Waals surface area (Å²) in [5.74, 6) is 0. The van der Waals surface area contributed by atoms with E-state index in [1.165, 1.54) is 37.7 Å². The quantitative estimate of drug-likeness (QED) is 0.501. The van der Waals surface area contributed by atoms with Gasteiger partial charge in [-0.05, 0) is 23.9 Å². The molecule has 0 N–H and O–H groups in total. The minimum Gasteiger partial charge on any atom is -0.176 e. The van der Waals surface area contributed by atoms with Gasteiger partial charge in [0.25, 0.3) is 0 Å². The van der Waals surface area contributed by atoms with Crippen LogP contribution in [0.25, 0.3) is 0 Å². The van der Waals surface area contributed by atoms with Crippen LogP contribution in [-0.2, 0) is 6.42 Å². The molecule has 1 rings (SSSR count). The van der Waals surface area contributed by atoms with Gasteiger partial charge in [0.05, 0.1) is 0 Å². The van der Waals surface area contributed by atoms with Crippen LogP contribution >= 0.6 is 11.1 Å². The molecule has 0 aliphatic heterocycles. The van der Waals surface area contributed by atoms with Gasteiger partial charge in [-0.15, -0.1) is 0 Å². The summed E-state index contributed by atoms with van der Waals surface area (Å²) in [6, 6.07) is 10.7. The summed E-state index contributed by atoms with van der Waals surface area (Å²) in [5, 5.41) is 0. The molecule has 0 aliphatic carbocycles. The second-order valence-electron chi connectivity index (χ2n) is 4.19. The molecular formula is C13H21ClSi. The first-order valence-corrected chi connectivity index (χ1v) is 8.92. The zero-order chi connectivity index (χ0) is 10.9. The van der Waals surface area contributed by atoms with Gasteiger partial charge in [0, 0.05) is 0 Å². The normalized spacial score (nSPS) is 13.5. The van der Waals surface area contributed by atoms with E-state index in [0.717, 1.165) is 5.54 Å². The van der Waals surface area contributed by atoms with E-state index in [9.17, 15) is 0 Å². The van der Waals surface area contributed by atoms with Crippen molar-refractivity contribution < 1.29 is 0 Å². The highest BCUT2D eigenvalue weighted by atomic mass is 35.6. The highest BCUT2D eigenvalue weighted by molar-refractivity contribution is 6.94. The Balaban J connectivity index is 2.20. The van der Waals surface area contributed by atoms with E-state index < -0.39 is 0 Å². The van der Waals surface area contributed by atoms with E-state index >= 15 is 0 Å². The third kappa shape index (κ3) is 5.38. The number of hydrogen-bond donors (Lipinski definition) is 0. The second-order valence-corrected chi connectivity index (χ2v) is 6.58. The Kier molecular flexibility index (Phi) is 6.78. The van der Waals surface area contributed by atoms with Crippen molar-refractivity contribution in [1.29, 1.82) is 0 Å². The first-order valence-electron chi connectivity index (χ1n) is 5.96. The average molecular weight is 241 g/mol. The third-order valence-corrected chi connectivity index (χ3v) is 5.40. The van der Waals surface area contributed by atoms with E-state index in [1.54, 1.807) is 0 Å². The van der Waals surface area contributed by atoms with Crippen molar-refractivity contribution in [3.05, 3.63) is 35.9 Å². The molecule has 0 bridgehead atoms. The van der Waals surface area contributed by atoms with Gasteiger partial charge in [0.2, 0.25) is 0 Å². The number of rotatable bonds is 7. The van der Waals surface area contributed by atoms with E-state index in [2.05, 4.69) is 37.3 Å². The van der Waals surface area contributed by atoms with Gasteiger partial charge < -0.3 is 0 Å². The first kappa shape index (κ1) is 12.8. The predicted molar refractivity (Wildman–Crippen MR) is 72.4 cm³/mol. The molecule has 0 spiro atoms. The number of aryl methyl sites for hydroxylation is 1. The molecule has 84 valence electrons. The predicted octanol–water partition coefficient (Wildman–Crippen LogP) is 3.92. The average Bonchev–Trinajstić information content (AvgIpc) is 2.29. The van der Waals surface area contributed by atoms with Crippen LogP contribution in [0.15, 0.2) is 30.3 Å². The van der Waals surface area contributed by atoms with Gasteiger partial charge in [0.15, 0.2) is 0 Å². The molecule has 1 aromatic rings. The SMILES string of the molecule is CCCC(CCCc1ccccc1)[SiH2]Cl. The maximum absolute atomic E-state index is 6.07. The lowest BCUT2D eigenvalue weighted by Gasteiger charge is -2.11. The lowest BCUT2D eigenvalue weighted by Crippen LogP contribution is -1.99. The Morgan fingerprint density at radius 2 is 1.93 bits per heavy atom. The van der Waals surface area contributed by atoms with Crippen molar-refractivity contribution in [2.45, 2.75) is 44.6 Å². The molecule has 0 saturated heterocycles. The van der Waals surface area contributed by atoms with E-state index in [-0.39, 0.29) is 8.83 Å². The zero-order valence-corrected chi connectivity index (χ0v) is 11.8. The lowest BCUT2D eigenvalue weighted by atomic mass is 10.1. The second kappa shape index (κ2) is 7.95. The molecule has 0 heterocycles. The van der Waals surface area contributed by atoms with Crippen LogP contribution in [0.4, 0.5) is 0 Å². The molecule has 0 aromatic heterocycles. The Hall–Kier alpha value is -0.273. The minimum absolute atomic E-state index is 0.311. The summed E-state index contributed by atoms with van der Waals surface area (Å²) in [4.78, 5) is 0. The van der Waals surface area contributed by atoms with Crippen LogP contribution in [0.2, 0.25) is 5.54 Å². The monoisotopic (exact) mass is 240 g/mol. The summed E-state index contributed by atoms with van der Waals surface area (Å²) in [7, 11) is -0.311.